The summed E-state index contributed by atoms with van der Waals surface area (Å²) in [5.74, 6) is -1.07. The van der Waals surface area contributed by atoms with Crippen LogP contribution in [0.2, 0.25) is 0 Å². The van der Waals surface area contributed by atoms with Gasteiger partial charge in [0.25, 0.3) is 0 Å². The molecule has 2 rings (SSSR count). The van der Waals surface area contributed by atoms with E-state index in [0.717, 1.165) is 5.56 Å². The molecule has 2 aromatic heterocycles. The number of esters is 2. The number of hydrogen-bond acceptors (Lipinski definition) is 8. The predicted octanol–water partition coefficient (Wildman–Crippen LogP) is 2.71. The first kappa shape index (κ1) is 22.5. The lowest BCUT2D eigenvalue weighted by molar-refractivity contribution is -0.143. The van der Waals surface area contributed by atoms with Gasteiger partial charge in [0.2, 0.25) is 5.91 Å². The molecule has 2 aromatic rings. The van der Waals surface area contributed by atoms with Crippen LogP contribution in [0.5, 0.6) is 0 Å². The number of nitrogens with one attached hydrogen (secondary N) is 1. The highest BCUT2D eigenvalue weighted by Crippen LogP contribution is 2.24. The van der Waals surface area contributed by atoms with E-state index in [2.05, 4.69) is 10.3 Å². The highest BCUT2D eigenvalue weighted by Gasteiger charge is 2.18. The highest BCUT2D eigenvalue weighted by molar-refractivity contribution is 7.14. The lowest BCUT2D eigenvalue weighted by atomic mass is 10.2. The Morgan fingerprint density at radius 3 is 2.66 bits per heavy atom. The molecule has 9 heteroatoms. The molecule has 1 amide bonds. The van der Waals surface area contributed by atoms with E-state index in [0.29, 0.717) is 30.3 Å². The second-order valence-corrected chi connectivity index (χ2v) is 6.98. The van der Waals surface area contributed by atoms with E-state index in [1.54, 1.807) is 37.7 Å². The lowest BCUT2D eigenvalue weighted by Gasteiger charge is -2.21. The molecule has 0 bridgehead atoms. The predicted molar refractivity (Wildman–Crippen MR) is 110 cm³/mol. The van der Waals surface area contributed by atoms with Crippen LogP contribution < -0.4 is 5.32 Å². The third-order valence-corrected chi connectivity index (χ3v) is 4.68. The van der Waals surface area contributed by atoms with Gasteiger partial charge >= 0.3 is 11.9 Å². The molecule has 0 saturated heterocycles. The Balaban J connectivity index is 2.01. The minimum atomic E-state index is -0.474. The monoisotopic (exact) mass is 419 g/mol. The van der Waals surface area contributed by atoms with Gasteiger partial charge in [-0.1, -0.05) is 6.07 Å². The Bertz CT molecular complexity index is 809. The standard InChI is InChI=1S/C20H25N3O5S/c1-3-27-18(25)7-10-23(13-15-6-5-9-21-12-15)14-17(24)22-19-16(8-11-29-19)20(26)28-4-2/h5-6,8-9,11-12H,3-4,7,10,13-14H2,1-2H3,(H,22,24). The number of carbonyl (C=O) groups excluding carboxylic acids is 3. The lowest BCUT2D eigenvalue weighted by Crippen LogP contribution is -2.34. The van der Waals surface area contributed by atoms with Crippen molar-refractivity contribution in [1.82, 2.24) is 9.88 Å². The normalized spacial score (nSPS) is 10.6. The van der Waals surface area contributed by atoms with Crippen LogP contribution in [0.1, 0.15) is 36.2 Å². The Labute approximate surface area is 173 Å². The third-order valence-electron chi connectivity index (χ3n) is 3.85. The topological polar surface area (TPSA) is 97.8 Å². The second kappa shape index (κ2) is 11.9. The summed E-state index contributed by atoms with van der Waals surface area (Å²) < 4.78 is 9.97. The SMILES string of the molecule is CCOC(=O)CCN(CC(=O)Nc1sccc1C(=O)OCC)Cc1cccnc1. The Morgan fingerprint density at radius 1 is 1.17 bits per heavy atom. The summed E-state index contributed by atoms with van der Waals surface area (Å²) >= 11 is 1.25. The largest absolute Gasteiger partial charge is 0.466 e. The number of nitrogens with zero attached hydrogens (tertiary/aromatic N) is 2. The Hall–Kier alpha value is -2.78. The minimum Gasteiger partial charge on any atom is -0.466 e. The molecule has 0 unspecified atom stereocenters. The molecule has 0 aliphatic rings. The molecule has 0 aromatic carbocycles. The molecule has 0 spiro atoms. The van der Waals surface area contributed by atoms with Crippen LogP contribution in [0.4, 0.5) is 5.00 Å². The minimum absolute atomic E-state index is 0.0501. The first-order chi connectivity index (χ1) is 14.0. The maximum Gasteiger partial charge on any atom is 0.341 e. The summed E-state index contributed by atoms with van der Waals surface area (Å²) in [6.45, 7) is 4.91. The average Bonchev–Trinajstić information content (AvgIpc) is 3.15. The molecule has 0 radical (unpaired) electrons. The van der Waals surface area contributed by atoms with Crippen molar-refractivity contribution < 1.29 is 23.9 Å². The molecule has 8 nitrogen and oxygen atoms in total. The number of pyridine rings is 1. The first-order valence-electron chi connectivity index (χ1n) is 9.34. The van der Waals surface area contributed by atoms with Gasteiger partial charge in [-0.3, -0.25) is 19.5 Å². The summed E-state index contributed by atoms with van der Waals surface area (Å²) in [6, 6.07) is 5.34. The smallest absolute Gasteiger partial charge is 0.341 e. The highest BCUT2D eigenvalue weighted by atomic mass is 32.1. The van der Waals surface area contributed by atoms with Crippen molar-refractivity contribution in [3.8, 4) is 0 Å². The van der Waals surface area contributed by atoms with Gasteiger partial charge < -0.3 is 14.8 Å². The van der Waals surface area contributed by atoms with Gasteiger partial charge in [0.05, 0.1) is 31.7 Å². The number of anilines is 1. The summed E-state index contributed by atoms with van der Waals surface area (Å²) in [5, 5.41) is 4.93. The molecule has 0 aliphatic heterocycles. The fourth-order valence-corrected chi connectivity index (χ4v) is 3.38. The number of rotatable bonds is 11. The van der Waals surface area contributed by atoms with Crippen molar-refractivity contribution >= 4 is 34.2 Å². The number of aromatic nitrogens is 1. The van der Waals surface area contributed by atoms with Gasteiger partial charge in [-0.2, -0.15) is 0 Å². The zero-order valence-electron chi connectivity index (χ0n) is 16.6. The number of amides is 1. The zero-order chi connectivity index (χ0) is 21.1. The van der Waals surface area contributed by atoms with E-state index >= 15 is 0 Å². The van der Waals surface area contributed by atoms with Gasteiger partial charge in [-0.25, -0.2) is 4.79 Å². The summed E-state index contributed by atoms with van der Waals surface area (Å²) in [4.78, 5) is 42.2. The van der Waals surface area contributed by atoms with Crippen molar-refractivity contribution in [2.45, 2.75) is 26.8 Å². The maximum absolute atomic E-state index is 12.6. The average molecular weight is 420 g/mol. The molecule has 156 valence electrons. The molecule has 0 saturated carbocycles. The molecular weight excluding hydrogens is 394 g/mol. The van der Waals surface area contributed by atoms with Crippen LogP contribution in [-0.4, -0.2) is 54.0 Å². The number of carbonyl (C=O) groups is 3. The Morgan fingerprint density at radius 2 is 1.97 bits per heavy atom. The van der Waals surface area contributed by atoms with Crippen molar-refractivity contribution in [3.63, 3.8) is 0 Å². The first-order valence-corrected chi connectivity index (χ1v) is 10.2. The Kier molecular flexibility index (Phi) is 9.26. The molecule has 0 fully saturated rings. The second-order valence-electron chi connectivity index (χ2n) is 6.06. The molecule has 1 N–H and O–H groups in total. The van der Waals surface area contributed by atoms with Gasteiger partial charge in [0.1, 0.15) is 5.00 Å². The van der Waals surface area contributed by atoms with Crippen LogP contribution in [-0.2, 0) is 25.6 Å². The number of thiophene rings is 1. The van der Waals surface area contributed by atoms with E-state index in [1.165, 1.54) is 11.3 Å². The van der Waals surface area contributed by atoms with Crippen LogP contribution in [0, 0.1) is 0 Å². The van der Waals surface area contributed by atoms with E-state index in [-0.39, 0.29) is 31.4 Å². The fourth-order valence-electron chi connectivity index (χ4n) is 2.59. The third kappa shape index (κ3) is 7.63. The van der Waals surface area contributed by atoms with Gasteiger partial charge in [-0.15, -0.1) is 11.3 Å². The van der Waals surface area contributed by atoms with E-state index in [1.807, 2.05) is 17.0 Å². The van der Waals surface area contributed by atoms with Crippen molar-refractivity contribution in [1.29, 1.82) is 0 Å². The van der Waals surface area contributed by atoms with Crippen LogP contribution in [0.25, 0.3) is 0 Å². The van der Waals surface area contributed by atoms with Crippen molar-refractivity contribution in [2.24, 2.45) is 0 Å². The van der Waals surface area contributed by atoms with Gasteiger partial charge in [0.15, 0.2) is 0 Å². The maximum atomic E-state index is 12.6. The summed E-state index contributed by atoms with van der Waals surface area (Å²) in [7, 11) is 0. The zero-order valence-corrected chi connectivity index (χ0v) is 17.4. The summed E-state index contributed by atoms with van der Waals surface area (Å²) in [5.41, 5.74) is 1.25. The van der Waals surface area contributed by atoms with Crippen molar-refractivity contribution in [3.05, 3.63) is 47.1 Å². The van der Waals surface area contributed by atoms with Crippen LogP contribution in [0.3, 0.4) is 0 Å². The number of ether oxygens (including phenoxy) is 2. The molecular formula is C20H25N3O5S. The van der Waals surface area contributed by atoms with Gasteiger partial charge in [0, 0.05) is 25.5 Å². The van der Waals surface area contributed by atoms with E-state index in [4.69, 9.17) is 9.47 Å². The molecule has 2 heterocycles. The summed E-state index contributed by atoms with van der Waals surface area (Å²) in [6.07, 6.45) is 3.56. The van der Waals surface area contributed by atoms with Crippen molar-refractivity contribution in [2.75, 3.05) is 31.6 Å². The molecule has 29 heavy (non-hydrogen) atoms. The molecule has 0 atom stereocenters. The van der Waals surface area contributed by atoms with Crippen LogP contribution in [0.15, 0.2) is 36.0 Å². The quantitative estimate of drug-likeness (QED) is 0.559. The number of hydrogen-bond donors (Lipinski definition) is 1. The van der Waals surface area contributed by atoms with Gasteiger partial charge in [-0.05, 0) is 36.9 Å². The fraction of sp³-hybridized carbons (Fsp3) is 0.400. The van der Waals surface area contributed by atoms with E-state index < -0.39 is 5.97 Å². The van der Waals surface area contributed by atoms with E-state index in [9.17, 15) is 14.4 Å². The van der Waals surface area contributed by atoms with Crippen LogP contribution >= 0.6 is 11.3 Å². The molecule has 0 aliphatic carbocycles.